The van der Waals surface area contributed by atoms with Crippen molar-refractivity contribution in [1.29, 1.82) is 0 Å². The SMILES string of the molecule is CCCOc1ccc(C2CC(=O)C3=C(C2)NC(=O)CC3c2ccc(Cl)c([N+](=O)[O-])c2)cc1. The van der Waals surface area contributed by atoms with E-state index in [0.717, 1.165) is 17.7 Å². The molecule has 7 nitrogen and oxygen atoms in total. The number of hydrogen-bond donors (Lipinski definition) is 1. The minimum absolute atomic E-state index is 0.0228. The standard InChI is InChI=1S/C24H23ClN2O5/c1-2-9-32-17-6-3-14(4-7-17)16-10-20-24(22(28)12-16)18(13-23(29)26-20)15-5-8-19(25)21(11-15)27(30)31/h3-8,11,16,18H,2,9-10,12-13H2,1H3,(H,26,29). The van der Waals surface area contributed by atoms with E-state index in [1.807, 2.05) is 31.2 Å². The predicted octanol–water partition coefficient (Wildman–Crippen LogP) is 5.04. The summed E-state index contributed by atoms with van der Waals surface area (Å²) < 4.78 is 5.63. The number of benzene rings is 2. The van der Waals surface area contributed by atoms with Gasteiger partial charge in [-0.25, -0.2) is 0 Å². The predicted molar refractivity (Wildman–Crippen MR) is 120 cm³/mol. The topological polar surface area (TPSA) is 98.5 Å². The molecule has 1 aliphatic heterocycles. The molecule has 0 radical (unpaired) electrons. The van der Waals surface area contributed by atoms with Gasteiger partial charge in [0.25, 0.3) is 5.69 Å². The third-order valence-electron chi connectivity index (χ3n) is 5.93. The van der Waals surface area contributed by atoms with Crippen molar-refractivity contribution in [3.05, 3.63) is 80.0 Å². The second-order valence-corrected chi connectivity index (χ2v) is 8.52. The molecule has 1 N–H and O–H groups in total. The number of ether oxygens (including phenoxy) is 1. The lowest BCUT2D eigenvalue weighted by Gasteiger charge is -2.34. The Balaban J connectivity index is 1.63. The number of halogens is 1. The Morgan fingerprint density at radius 2 is 1.81 bits per heavy atom. The van der Waals surface area contributed by atoms with Gasteiger partial charge in [0.2, 0.25) is 5.91 Å². The van der Waals surface area contributed by atoms with E-state index in [2.05, 4.69) is 5.32 Å². The zero-order valence-electron chi connectivity index (χ0n) is 17.6. The number of Topliss-reactive ketones (excluding diaryl/α,β-unsaturated/α-hetero) is 1. The number of ketones is 1. The molecule has 2 aliphatic rings. The largest absolute Gasteiger partial charge is 0.494 e. The molecule has 0 spiro atoms. The van der Waals surface area contributed by atoms with Crippen molar-refractivity contribution in [1.82, 2.24) is 5.32 Å². The van der Waals surface area contributed by atoms with Crippen LogP contribution in [0.15, 0.2) is 53.7 Å². The van der Waals surface area contributed by atoms with Gasteiger partial charge in [0.1, 0.15) is 10.8 Å². The number of rotatable bonds is 6. The third-order valence-corrected chi connectivity index (χ3v) is 6.25. The summed E-state index contributed by atoms with van der Waals surface area (Å²) in [4.78, 5) is 36.4. The fourth-order valence-corrected chi connectivity index (χ4v) is 4.61. The molecule has 0 saturated carbocycles. The molecule has 0 bridgehead atoms. The normalized spacial score (nSPS) is 20.6. The number of nitro benzene ring substituents is 1. The molecule has 2 atom stereocenters. The molecule has 2 unspecified atom stereocenters. The second kappa shape index (κ2) is 9.12. The molecule has 0 saturated heterocycles. The fourth-order valence-electron chi connectivity index (χ4n) is 4.42. The first-order chi connectivity index (χ1) is 15.4. The molecule has 1 heterocycles. The number of nitro groups is 1. The van der Waals surface area contributed by atoms with Gasteiger partial charge < -0.3 is 10.1 Å². The Bertz CT molecular complexity index is 1110. The molecule has 2 aromatic rings. The second-order valence-electron chi connectivity index (χ2n) is 8.11. The van der Waals surface area contributed by atoms with Crippen molar-refractivity contribution in [3.8, 4) is 5.75 Å². The third kappa shape index (κ3) is 4.39. The molecule has 1 amide bonds. The summed E-state index contributed by atoms with van der Waals surface area (Å²) in [5, 5.41) is 14.2. The number of allylic oxidation sites excluding steroid dienone is 2. The van der Waals surface area contributed by atoms with Gasteiger partial charge in [0.15, 0.2) is 5.78 Å². The minimum Gasteiger partial charge on any atom is -0.494 e. The van der Waals surface area contributed by atoms with Gasteiger partial charge in [-0.2, -0.15) is 0 Å². The summed E-state index contributed by atoms with van der Waals surface area (Å²) in [6, 6.07) is 12.2. The monoisotopic (exact) mass is 454 g/mol. The first-order valence-electron chi connectivity index (χ1n) is 10.6. The maximum Gasteiger partial charge on any atom is 0.288 e. The molecule has 0 fully saturated rings. The minimum atomic E-state index is -0.559. The van der Waals surface area contributed by atoms with Crippen molar-refractivity contribution in [2.24, 2.45) is 0 Å². The van der Waals surface area contributed by atoms with Crippen LogP contribution in [-0.4, -0.2) is 23.2 Å². The van der Waals surface area contributed by atoms with E-state index < -0.39 is 10.8 Å². The maximum atomic E-state index is 13.2. The number of hydrogen-bond acceptors (Lipinski definition) is 5. The highest BCUT2D eigenvalue weighted by molar-refractivity contribution is 6.32. The number of amides is 1. The van der Waals surface area contributed by atoms with E-state index >= 15 is 0 Å². The van der Waals surface area contributed by atoms with Gasteiger partial charge in [-0.05, 0) is 48.1 Å². The molecule has 8 heteroatoms. The average molecular weight is 455 g/mol. The zero-order valence-corrected chi connectivity index (χ0v) is 18.4. The van der Waals surface area contributed by atoms with Crippen LogP contribution < -0.4 is 10.1 Å². The number of carbonyl (C=O) groups is 2. The Kier molecular flexibility index (Phi) is 6.28. The van der Waals surface area contributed by atoms with Gasteiger partial charge in [-0.3, -0.25) is 19.7 Å². The first kappa shape index (κ1) is 22.0. The molecular formula is C24H23ClN2O5. The lowest BCUT2D eigenvalue weighted by molar-refractivity contribution is -0.384. The van der Waals surface area contributed by atoms with E-state index in [4.69, 9.17) is 16.3 Å². The number of nitrogens with one attached hydrogen (secondary N) is 1. The van der Waals surface area contributed by atoms with Gasteiger partial charge >= 0.3 is 0 Å². The summed E-state index contributed by atoms with van der Waals surface area (Å²) >= 11 is 5.94. The average Bonchev–Trinajstić information content (AvgIpc) is 2.77. The van der Waals surface area contributed by atoms with E-state index in [-0.39, 0.29) is 34.7 Å². The lowest BCUT2D eigenvalue weighted by Crippen LogP contribution is -2.38. The van der Waals surface area contributed by atoms with Crippen LogP contribution >= 0.6 is 11.6 Å². The summed E-state index contributed by atoms with van der Waals surface area (Å²) in [5.74, 6) is -0.0469. The zero-order chi connectivity index (χ0) is 22.8. The Morgan fingerprint density at radius 1 is 1.09 bits per heavy atom. The van der Waals surface area contributed by atoms with Crippen molar-refractivity contribution >= 4 is 29.0 Å². The Labute approximate surface area is 190 Å². The van der Waals surface area contributed by atoms with Crippen LogP contribution in [0.25, 0.3) is 0 Å². The van der Waals surface area contributed by atoms with Crippen LogP contribution in [0.2, 0.25) is 5.02 Å². The number of nitrogens with zero attached hydrogens (tertiary/aromatic N) is 1. The lowest BCUT2D eigenvalue weighted by atomic mass is 9.73. The summed E-state index contributed by atoms with van der Waals surface area (Å²) in [6.45, 7) is 2.69. The van der Waals surface area contributed by atoms with Crippen molar-refractivity contribution in [3.63, 3.8) is 0 Å². The van der Waals surface area contributed by atoms with Crippen LogP contribution in [0.1, 0.15) is 55.6 Å². The summed E-state index contributed by atoms with van der Waals surface area (Å²) in [6.07, 6.45) is 1.83. The van der Waals surface area contributed by atoms with Crippen molar-refractivity contribution in [2.75, 3.05) is 6.61 Å². The van der Waals surface area contributed by atoms with Crippen molar-refractivity contribution in [2.45, 2.75) is 44.4 Å². The molecule has 2 aromatic carbocycles. The van der Waals surface area contributed by atoms with Crippen LogP contribution in [0.4, 0.5) is 5.69 Å². The summed E-state index contributed by atoms with van der Waals surface area (Å²) in [7, 11) is 0. The first-order valence-corrected chi connectivity index (χ1v) is 11.0. The van der Waals surface area contributed by atoms with Crippen molar-refractivity contribution < 1.29 is 19.2 Å². The van der Waals surface area contributed by atoms with Gasteiger partial charge in [-0.15, -0.1) is 0 Å². The quantitative estimate of drug-likeness (QED) is 0.487. The highest BCUT2D eigenvalue weighted by atomic mass is 35.5. The molecular weight excluding hydrogens is 432 g/mol. The molecule has 32 heavy (non-hydrogen) atoms. The smallest absolute Gasteiger partial charge is 0.288 e. The van der Waals surface area contributed by atoms with Crippen LogP contribution in [0.5, 0.6) is 5.75 Å². The van der Waals surface area contributed by atoms with Gasteiger partial charge in [-0.1, -0.05) is 36.7 Å². The highest BCUT2D eigenvalue weighted by Gasteiger charge is 2.38. The maximum absolute atomic E-state index is 13.2. The summed E-state index contributed by atoms with van der Waals surface area (Å²) in [5.41, 5.74) is 2.47. The van der Waals surface area contributed by atoms with E-state index in [9.17, 15) is 19.7 Å². The van der Waals surface area contributed by atoms with Crippen LogP contribution in [0, 0.1) is 10.1 Å². The molecule has 1 aliphatic carbocycles. The van der Waals surface area contributed by atoms with Gasteiger partial charge in [0, 0.05) is 36.1 Å². The molecule has 4 rings (SSSR count). The Morgan fingerprint density at radius 3 is 2.50 bits per heavy atom. The van der Waals surface area contributed by atoms with Crippen LogP contribution in [0.3, 0.4) is 0 Å². The molecule has 0 aromatic heterocycles. The van der Waals surface area contributed by atoms with E-state index in [0.29, 0.717) is 36.3 Å². The highest BCUT2D eigenvalue weighted by Crippen LogP contribution is 2.43. The van der Waals surface area contributed by atoms with E-state index in [1.54, 1.807) is 6.07 Å². The van der Waals surface area contributed by atoms with Gasteiger partial charge in [0.05, 0.1) is 11.5 Å². The number of carbonyl (C=O) groups excluding carboxylic acids is 2. The Hall–Kier alpha value is -3.19. The van der Waals surface area contributed by atoms with Crippen LogP contribution in [-0.2, 0) is 9.59 Å². The molecule has 166 valence electrons. The fraction of sp³-hybridized carbons (Fsp3) is 0.333. The van der Waals surface area contributed by atoms with E-state index in [1.165, 1.54) is 12.1 Å².